The average Bonchev–Trinajstić information content (AvgIpc) is 2.70. The molecule has 0 radical (unpaired) electrons. The summed E-state index contributed by atoms with van der Waals surface area (Å²) in [5.74, 6) is 0.339. The number of nitrogens with zero attached hydrogens (tertiary/aromatic N) is 1. The molecule has 2 aliphatic rings. The monoisotopic (exact) mass is 228 g/mol. The lowest BCUT2D eigenvalue weighted by molar-refractivity contribution is -0.130. The van der Waals surface area contributed by atoms with E-state index in [-0.39, 0.29) is 0 Å². The molecule has 3 nitrogen and oxygen atoms in total. The molecule has 86 valence electrons. The van der Waals surface area contributed by atoms with E-state index in [4.69, 9.17) is 0 Å². The van der Waals surface area contributed by atoms with Gasteiger partial charge in [-0.15, -0.1) is 11.8 Å². The molecule has 2 aliphatic heterocycles. The summed E-state index contributed by atoms with van der Waals surface area (Å²) >= 11 is 1.91. The summed E-state index contributed by atoms with van der Waals surface area (Å²) in [6.07, 6.45) is 4.27. The molecule has 2 fully saturated rings. The van der Waals surface area contributed by atoms with Crippen LogP contribution in [0.25, 0.3) is 0 Å². The van der Waals surface area contributed by atoms with Crippen LogP contribution in [0.2, 0.25) is 0 Å². The fraction of sp³-hybridized carbons (Fsp3) is 0.909. The zero-order chi connectivity index (χ0) is 10.7. The molecule has 0 aliphatic carbocycles. The fourth-order valence-electron chi connectivity index (χ4n) is 2.22. The number of likely N-dealkylation sites (tertiary alicyclic amines) is 1. The van der Waals surface area contributed by atoms with E-state index in [0.29, 0.717) is 23.0 Å². The molecule has 0 aromatic rings. The Kier molecular flexibility index (Phi) is 3.92. The van der Waals surface area contributed by atoms with Gasteiger partial charge in [0.05, 0.1) is 11.8 Å². The van der Waals surface area contributed by atoms with E-state index in [2.05, 4.69) is 12.2 Å². The van der Waals surface area contributed by atoms with Crippen molar-refractivity contribution >= 4 is 17.7 Å². The summed E-state index contributed by atoms with van der Waals surface area (Å²) in [5.41, 5.74) is 0. The van der Waals surface area contributed by atoms with Crippen LogP contribution in [0, 0.1) is 0 Å². The Balaban J connectivity index is 1.77. The van der Waals surface area contributed by atoms with Gasteiger partial charge < -0.3 is 10.2 Å². The van der Waals surface area contributed by atoms with Crippen molar-refractivity contribution in [2.75, 3.05) is 19.6 Å². The molecule has 2 rings (SSSR count). The van der Waals surface area contributed by atoms with Crippen LogP contribution in [0.5, 0.6) is 0 Å². The maximum absolute atomic E-state index is 11.9. The second-order valence-corrected chi connectivity index (χ2v) is 6.12. The molecule has 0 aromatic heterocycles. The van der Waals surface area contributed by atoms with E-state index in [0.717, 1.165) is 19.6 Å². The number of hydrogen-bond donors (Lipinski definition) is 1. The van der Waals surface area contributed by atoms with E-state index in [9.17, 15) is 4.79 Å². The number of amides is 1. The van der Waals surface area contributed by atoms with Crippen molar-refractivity contribution in [1.29, 1.82) is 0 Å². The summed E-state index contributed by atoms with van der Waals surface area (Å²) in [6.45, 7) is 5.27. The third-order valence-corrected chi connectivity index (χ3v) is 4.50. The molecule has 0 bridgehead atoms. The minimum Gasteiger partial charge on any atom is -0.343 e. The second kappa shape index (κ2) is 5.21. The summed E-state index contributed by atoms with van der Waals surface area (Å²) in [6, 6.07) is 0. The van der Waals surface area contributed by atoms with Crippen molar-refractivity contribution in [2.45, 2.75) is 43.2 Å². The lowest BCUT2D eigenvalue weighted by Crippen LogP contribution is -2.39. The predicted molar refractivity (Wildman–Crippen MR) is 63.9 cm³/mol. The van der Waals surface area contributed by atoms with Crippen molar-refractivity contribution in [3.63, 3.8) is 0 Å². The minimum atomic E-state index is 0.339. The number of carbonyl (C=O) groups is 1. The fourth-order valence-corrected chi connectivity index (χ4v) is 3.49. The van der Waals surface area contributed by atoms with Gasteiger partial charge >= 0.3 is 0 Å². The van der Waals surface area contributed by atoms with Gasteiger partial charge in [-0.25, -0.2) is 0 Å². The SMILES string of the molecule is CC1CCNC(CC(=O)N2CCCC2)S1. The standard InChI is InChI=1S/C11H20N2OS/c1-9-4-5-12-10(15-9)8-11(14)13-6-2-3-7-13/h9-10,12H,2-8H2,1H3. The Morgan fingerprint density at radius 2 is 2.20 bits per heavy atom. The number of hydrogen-bond acceptors (Lipinski definition) is 3. The molecule has 0 saturated carbocycles. The Morgan fingerprint density at radius 3 is 2.87 bits per heavy atom. The zero-order valence-corrected chi connectivity index (χ0v) is 10.2. The summed E-state index contributed by atoms with van der Waals surface area (Å²) in [7, 11) is 0. The molecule has 2 heterocycles. The lowest BCUT2D eigenvalue weighted by atomic mass is 10.3. The van der Waals surface area contributed by atoms with E-state index in [1.165, 1.54) is 19.3 Å². The van der Waals surface area contributed by atoms with Gasteiger partial charge in [0, 0.05) is 18.3 Å². The van der Waals surface area contributed by atoms with Crippen LogP contribution in [0.4, 0.5) is 0 Å². The maximum Gasteiger partial charge on any atom is 0.225 e. The van der Waals surface area contributed by atoms with Crippen molar-refractivity contribution in [1.82, 2.24) is 10.2 Å². The first-order valence-corrected chi connectivity index (χ1v) is 6.86. The average molecular weight is 228 g/mol. The molecule has 1 N–H and O–H groups in total. The van der Waals surface area contributed by atoms with Gasteiger partial charge in [-0.3, -0.25) is 4.79 Å². The molecule has 15 heavy (non-hydrogen) atoms. The Hall–Kier alpha value is -0.220. The molecule has 2 unspecified atom stereocenters. The van der Waals surface area contributed by atoms with Gasteiger partial charge in [-0.1, -0.05) is 6.92 Å². The summed E-state index contributed by atoms with van der Waals surface area (Å²) in [5, 5.41) is 4.47. The van der Waals surface area contributed by atoms with Crippen LogP contribution in [0.15, 0.2) is 0 Å². The molecular weight excluding hydrogens is 208 g/mol. The normalized spacial score (nSPS) is 31.9. The van der Waals surface area contributed by atoms with Gasteiger partial charge in [0.1, 0.15) is 0 Å². The first kappa shape index (κ1) is 11.3. The smallest absolute Gasteiger partial charge is 0.225 e. The summed E-state index contributed by atoms with van der Waals surface area (Å²) in [4.78, 5) is 13.9. The highest BCUT2D eigenvalue weighted by Crippen LogP contribution is 2.25. The molecular formula is C11H20N2OS. The quantitative estimate of drug-likeness (QED) is 0.776. The van der Waals surface area contributed by atoms with E-state index < -0.39 is 0 Å². The van der Waals surface area contributed by atoms with E-state index >= 15 is 0 Å². The van der Waals surface area contributed by atoms with Gasteiger partial charge in [0.2, 0.25) is 5.91 Å². The molecule has 0 spiro atoms. The van der Waals surface area contributed by atoms with Crippen LogP contribution < -0.4 is 5.32 Å². The van der Waals surface area contributed by atoms with Crippen molar-refractivity contribution in [3.8, 4) is 0 Å². The molecule has 4 heteroatoms. The first-order valence-electron chi connectivity index (χ1n) is 5.92. The lowest BCUT2D eigenvalue weighted by Gasteiger charge is -2.28. The first-order chi connectivity index (χ1) is 7.25. The largest absolute Gasteiger partial charge is 0.343 e. The predicted octanol–water partition coefficient (Wildman–Crippen LogP) is 1.44. The van der Waals surface area contributed by atoms with Crippen LogP contribution in [-0.4, -0.2) is 41.1 Å². The Labute approximate surface area is 96.0 Å². The number of rotatable bonds is 2. The van der Waals surface area contributed by atoms with Crippen molar-refractivity contribution in [3.05, 3.63) is 0 Å². The Bertz CT molecular complexity index is 229. The molecule has 1 amide bonds. The molecule has 2 saturated heterocycles. The van der Waals surface area contributed by atoms with Gasteiger partial charge in [-0.05, 0) is 25.8 Å². The van der Waals surface area contributed by atoms with Crippen LogP contribution in [0.3, 0.4) is 0 Å². The zero-order valence-electron chi connectivity index (χ0n) is 9.37. The van der Waals surface area contributed by atoms with E-state index in [1.807, 2.05) is 16.7 Å². The second-order valence-electron chi connectivity index (χ2n) is 4.47. The highest BCUT2D eigenvalue weighted by molar-refractivity contribution is 8.00. The van der Waals surface area contributed by atoms with Gasteiger partial charge in [-0.2, -0.15) is 0 Å². The highest BCUT2D eigenvalue weighted by atomic mass is 32.2. The third kappa shape index (κ3) is 3.11. The number of nitrogens with one attached hydrogen (secondary N) is 1. The maximum atomic E-state index is 11.9. The highest BCUT2D eigenvalue weighted by Gasteiger charge is 2.25. The summed E-state index contributed by atoms with van der Waals surface area (Å²) < 4.78 is 0. The topological polar surface area (TPSA) is 32.3 Å². The molecule has 0 aromatic carbocycles. The van der Waals surface area contributed by atoms with Gasteiger partial charge in [0.25, 0.3) is 0 Å². The number of carbonyl (C=O) groups excluding carboxylic acids is 1. The van der Waals surface area contributed by atoms with E-state index in [1.54, 1.807) is 0 Å². The van der Waals surface area contributed by atoms with Crippen LogP contribution >= 0.6 is 11.8 Å². The van der Waals surface area contributed by atoms with Gasteiger partial charge in [0.15, 0.2) is 0 Å². The minimum absolute atomic E-state index is 0.339. The third-order valence-electron chi connectivity index (χ3n) is 3.14. The van der Waals surface area contributed by atoms with Crippen LogP contribution in [-0.2, 0) is 4.79 Å². The van der Waals surface area contributed by atoms with Crippen LogP contribution in [0.1, 0.15) is 32.6 Å². The van der Waals surface area contributed by atoms with Crippen molar-refractivity contribution < 1.29 is 4.79 Å². The Morgan fingerprint density at radius 1 is 1.47 bits per heavy atom. The number of thioether (sulfide) groups is 1. The van der Waals surface area contributed by atoms with Crippen molar-refractivity contribution in [2.24, 2.45) is 0 Å². The molecule has 2 atom stereocenters.